The van der Waals surface area contributed by atoms with Gasteiger partial charge in [0.1, 0.15) is 0 Å². The van der Waals surface area contributed by atoms with E-state index in [1.807, 2.05) is 6.07 Å². The van der Waals surface area contributed by atoms with Gasteiger partial charge in [-0.05, 0) is 50.1 Å². The Kier molecular flexibility index (Phi) is 6.48. The summed E-state index contributed by atoms with van der Waals surface area (Å²) in [6.45, 7) is 3.08. The number of alkyl halides is 3. The van der Waals surface area contributed by atoms with Gasteiger partial charge >= 0.3 is 6.18 Å². The molecule has 1 fully saturated rings. The van der Waals surface area contributed by atoms with E-state index in [1.165, 1.54) is 12.3 Å². The van der Waals surface area contributed by atoms with E-state index < -0.39 is 32.1 Å². The van der Waals surface area contributed by atoms with E-state index in [0.717, 1.165) is 23.9 Å². The van der Waals surface area contributed by atoms with Gasteiger partial charge in [-0.15, -0.1) is 12.4 Å². The maximum absolute atomic E-state index is 13.0. The van der Waals surface area contributed by atoms with Gasteiger partial charge in [0.05, 0.1) is 32.2 Å². The molecule has 3 aromatic rings. The van der Waals surface area contributed by atoms with Gasteiger partial charge < -0.3 is 10.0 Å². The van der Waals surface area contributed by atoms with Crippen LogP contribution in [0.15, 0.2) is 64.5 Å². The van der Waals surface area contributed by atoms with Gasteiger partial charge in [0.15, 0.2) is 0 Å². The highest BCUT2D eigenvalue weighted by atomic mass is 35.5. The minimum absolute atomic E-state index is 0. The van der Waals surface area contributed by atoms with Crippen LogP contribution in [0.5, 0.6) is 0 Å². The molecule has 1 aromatic heterocycles. The van der Waals surface area contributed by atoms with Crippen molar-refractivity contribution in [2.24, 2.45) is 0 Å². The van der Waals surface area contributed by atoms with Crippen molar-refractivity contribution in [2.45, 2.75) is 41.3 Å². The Morgan fingerprint density at radius 1 is 1.03 bits per heavy atom. The number of anilines is 1. The first kappa shape index (κ1) is 24.3. The zero-order valence-electron chi connectivity index (χ0n) is 17.1. The summed E-state index contributed by atoms with van der Waals surface area (Å²) in [6, 6.07) is 10.5. The Morgan fingerprint density at radius 2 is 1.69 bits per heavy atom. The van der Waals surface area contributed by atoms with Crippen LogP contribution in [0.3, 0.4) is 0 Å². The van der Waals surface area contributed by atoms with Crippen LogP contribution in [0.1, 0.15) is 25.3 Å². The van der Waals surface area contributed by atoms with Crippen LogP contribution in [0.2, 0.25) is 0 Å². The highest BCUT2D eigenvalue weighted by Gasteiger charge is 2.32. The number of halogens is 4. The number of aromatic nitrogens is 1. The zero-order valence-corrected chi connectivity index (χ0v) is 18.8. The monoisotopic (exact) mass is 486 g/mol. The summed E-state index contributed by atoms with van der Waals surface area (Å²) in [4.78, 5) is 5.84. The standard InChI is InChI=1S/C22H21F3N2O3S.ClH/c1-21(28)8-10-27(11-9-21)19-7-2-4-15-12-18(14-26-20(15)19)31(29,30)17-6-3-5-16(13-17)22(23,24)25;/h2-7,12-14,28H,8-11H2,1H3;1H. The lowest BCUT2D eigenvalue weighted by Gasteiger charge is -2.37. The average Bonchev–Trinajstić information content (AvgIpc) is 2.72. The van der Waals surface area contributed by atoms with Crippen LogP contribution < -0.4 is 4.90 Å². The summed E-state index contributed by atoms with van der Waals surface area (Å²) in [6.07, 6.45) is -2.25. The number of pyridine rings is 1. The predicted molar refractivity (Wildman–Crippen MR) is 118 cm³/mol. The van der Waals surface area contributed by atoms with E-state index in [2.05, 4.69) is 9.88 Å². The number of rotatable bonds is 3. The lowest BCUT2D eigenvalue weighted by Crippen LogP contribution is -2.42. The molecule has 0 radical (unpaired) electrons. The fraction of sp³-hybridized carbons (Fsp3) is 0.318. The quantitative estimate of drug-likeness (QED) is 0.572. The average molecular weight is 487 g/mol. The molecular formula is C22H22ClF3N2O3S. The summed E-state index contributed by atoms with van der Waals surface area (Å²) >= 11 is 0. The van der Waals surface area contributed by atoms with Crippen molar-refractivity contribution >= 4 is 38.8 Å². The van der Waals surface area contributed by atoms with Gasteiger partial charge in [-0.2, -0.15) is 13.2 Å². The molecule has 10 heteroatoms. The van der Waals surface area contributed by atoms with Crippen molar-refractivity contribution in [3.05, 3.63) is 60.3 Å². The van der Waals surface area contributed by atoms with Crippen molar-refractivity contribution in [2.75, 3.05) is 18.0 Å². The third kappa shape index (κ3) is 4.69. The lowest BCUT2D eigenvalue weighted by atomic mass is 9.93. The topological polar surface area (TPSA) is 70.5 Å². The van der Waals surface area contributed by atoms with Crippen molar-refractivity contribution in [1.29, 1.82) is 0 Å². The second-order valence-corrected chi connectivity index (χ2v) is 9.98. The van der Waals surface area contributed by atoms with Gasteiger partial charge in [0, 0.05) is 24.7 Å². The molecule has 5 nitrogen and oxygen atoms in total. The molecule has 1 aliphatic heterocycles. The summed E-state index contributed by atoms with van der Waals surface area (Å²) in [5.74, 6) is 0. The van der Waals surface area contributed by atoms with Crippen molar-refractivity contribution in [1.82, 2.24) is 4.98 Å². The highest BCUT2D eigenvalue weighted by Crippen LogP contribution is 2.34. The number of fused-ring (bicyclic) bond motifs is 1. The number of sulfone groups is 1. The van der Waals surface area contributed by atoms with Crippen molar-refractivity contribution < 1.29 is 26.7 Å². The smallest absolute Gasteiger partial charge is 0.390 e. The van der Waals surface area contributed by atoms with Crippen LogP contribution in [0, 0.1) is 0 Å². The first-order valence-electron chi connectivity index (χ1n) is 9.76. The second kappa shape index (κ2) is 8.53. The Bertz CT molecular complexity index is 1240. The minimum atomic E-state index is -4.64. The lowest BCUT2D eigenvalue weighted by molar-refractivity contribution is -0.137. The zero-order chi connectivity index (χ0) is 22.4. The molecule has 1 N–H and O–H groups in total. The number of hydrogen-bond acceptors (Lipinski definition) is 5. The van der Waals surface area contributed by atoms with E-state index in [-0.39, 0.29) is 17.3 Å². The second-order valence-electron chi connectivity index (χ2n) is 8.03. The fourth-order valence-corrected chi connectivity index (χ4v) is 5.02. The molecule has 0 bridgehead atoms. The molecular weight excluding hydrogens is 465 g/mol. The maximum Gasteiger partial charge on any atom is 0.416 e. The first-order chi connectivity index (χ1) is 14.5. The van der Waals surface area contributed by atoms with Gasteiger partial charge in [0.25, 0.3) is 0 Å². The number of hydrogen-bond donors (Lipinski definition) is 1. The van der Waals surface area contributed by atoms with Gasteiger partial charge in [-0.1, -0.05) is 18.2 Å². The molecule has 32 heavy (non-hydrogen) atoms. The molecule has 0 atom stereocenters. The largest absolute Gasteiger partial charge is 0.416 e. The molecule has 0 aliphatic carbocycles. The Hall–Kier alpha value is -2.36. The van der Waals surface area contributed by atoms with E-state index in [9.17, 15) is 26.7 Å². The Balaban J connectivity index is 0.00000289. The molecule has 0 amide bonds. The molecule has 1 saturated heterocycles. The van der Waals surface area contributed by atoms with Gasteiger partial charge in [-0.3, -0.25) is 4.98 Å². The van der Waals surface area contributed by atoms with E-state index >= 15 is 0 Å². The van der Waals surface area contributed by atoms with Gasteiger partial charge in [0.2, 0.25) is 9.84 Å². The molecule has 0 saturated carbocycles. The highest BCUT2D eigenvalue weighted by molar-refractivity contribution is 7.91. The number of piperidine rings is 1. The van der Waals surface area contributed by atoms with Crippen LogP contribution in [0.25, 0.3) is 10.9 Å². The van der Waals surface area contributed by atoms with Crippen molar-refractivity contribution in [3.8, 4) is 0 Å². The summed E-state index contributed by atoms with van der Waals surface area (Å²) in [5, 5.41) is 10.7. The molecule has 0 spiro atoms. The summed E-state index contributed by atoms with van der Waals surface area (Å²) < 4.78 is 65.0. The number of aliphatic hydroxyl groups is 1. The third-order valence-corrected chi connectivity index (χ3v) is 7.35. The van der Waals surface area contributed by atoms with Crippen LogP contribution in [-0.4, -0.2) is 37.2 Å². The maximum atomic E-state index is 13.0. The third-order valence-electron chi connectivity index (χ3n) is 5.63. The van der Waals surface area contributed by atoms with E-state index in [0.29, 0.717) is 42.9 Å². The van der Waals surface area contributed by atoms with E-state index in [4.69, 9.17) is 0 Å². The Labute approximate surface area is 190 Å². The molecule has 172 valence electrons. The summed E-state index contributed by atoms with van der Waals surface area (Å²) in [7, 11) is -4.18. The normalized spacial score (nSPS) is 16.6. The van der Waals surface area contributed by atoms with Crippen molar-refractivity contribution in [3.63, 3.8) is 0 Å². The number of nitrogens with zero attached hydrogens (tertiary/aromatic N) is 2. The van der Waals surface area contributed by atoms with Crippen LogP contribution in [0.4, 0.5) is 18.9 Å². The van der Waals surface area contributed by atoms with Crippen LogP contribution in [-0.2, 0) is 16.0 Å². The molecule has 0 unspecified atom stereocenters. The van der Waals surface area contributed by atoms with E-state index in [1.54, 1.807) is 19.1 Å². The Morgan fingerprint density at radius 3 is 2.34 bits per heavy atom. The number of para-hydroxylation sites is 1. The molecule has 2 heterocycles. The fourth-order valence-electron chi connectivity index (χ4n) is 3.73. The first-order valence-corrected chi connectivity index (χ1v) is 11.2. The number of benzene rings is 2. The SMILES string of the molecule is CC1(O)CCN(c2cccc3cc(S(=O)(=O)c4cccc(C(F)(F)F)c4)cnc23)CC1.Cl. The predicted octanol–water partition coefficient (Wildman–Crippen LogP) is 4.86. The molecule has 1 aliphatic rings. The molecule has 2 aromatic carbocycles. The summed E-state index contributed by atoms with van der Waals surface area (Å²) in [5.41, 5.74) is -0.297. The van der Waals surface area contributed by atoms with Crippen LogP contribution >= 0.6 is 12.4 Å². The van der Waals surface area contributed by atoms with Gasteiger partial charge in [-0.25, -0.2) is 8.42 Å². The minimum Gasteiger partial charge on any atom is -0.390 e. The molecule has 4 rings (SSSR count).